The van der Waals surface area contributed by atoms with E-state index in [1.807, 2.05) is 13.8 Å². The number of aromatic nitrogens is 4. The number of rotatable bonds is 18. The van der Waals surface area contributed by atoms with Gasteiger partial charge in [-0.15, -0.1) is 0 Å². The molecule has 1 fully saturated rings. The summed E-state index contributed by atoms with van der Waals surface area (Å²) in [5.41, 5.74) is 6.60. The van der Waals surface area contributed by atoms with Gasteiger partial charge in [-0.25, -0.2) is 14.5 Å². The third kappa shape index (κ3) is 10.4. The average molecular weight is 634 g/mol. The van der Waals surface area contributed by atoms with Crippen molar-refractivity contribution < 1.29 is 47.4 Å². The number of carbonyl (C=O) groups excluding carboxylic acids is 2. The predicted molar refractivity (Wildman–Crippen MR) is 153 cm³/mol. The lowest BCUT2D eigenvalue weighted by Crippen LogP contribution is -2.30. The number of ether oxygens (including phenoxy) is 3. The van der Waals surface area contributed by atoms with Crippen molar-refractivity contribution in [3.8, 4) is 0 Å². The molecule has 1 saturated heterocycles. The highest BCUT2D eigenvalue weighted by Crippen LogP contribution is 2.44. The highest BCUT2D eigenvalue weighted by Gasteiger charge is 2.38. The summed E-state index contributed by atoms with van der Waals surface area (Å²) >= 11 is 5.18. The van der Waals surface area contributed by atoms with Gasteiger partial charge in [0.25, 0.3) is 0 Å². The van der Waals surface area contributed by atoms with Crippen molar-refractivity contribution in [2.45, 2.75) is 96.2 Å². The molecule has 5 atom stereocenters. The number of anilines is 1. The van der Waals surface area contributed by atoms with Gasteiger partial charge < -0.3 is 34.9 Å². The molecule has 1 aliphatic rings. The Morgan fingerprint density at radius 3 is 2.57 bits per heavy atom. The lowest BCUT2D eigenvalue weighted by atomic mass is 10.2. The minimum Gasteiger partial charge on any atom is -0.462 e. The lowest BCUT2D eigenvalue weighted by Gasteiger charge is -2.21. The molecule has 3 rings (SSSR count). The molecule has 0 amide bonds. The fourth-order valence-corrected chi connectivity index (χ4v) is 5.26. The largest absolute Gasteiger partial charge is 0.472 e. The quantitative estimate of drug-likeness (QED) is 0.0802. The van der Waals surface area contributed by atoms with Gasteiger partial charge in [0.05, 0.1) is 25.6 Å². The number of hydrogen-bond acceptors (Lipinski definition) is 13. The van der Waals surface area contributed by atoms with Crippen molar-refractivity contribution >= 4 is 49.1 Å². The summed E-state index contributed by atoms with van der Waals surface area (Å²) in [5.74, 6) is -0.916. The maximum Gasteiger partial charge on any atom is 0.472 e. The van der Waals surface area contributed by atoms with Crippen molar-refractivity contribution in [2.24, 2.45) is 0 Å². The van der Waals surface area contributed by atoms with Crippen molar-refractivity contribution in [2.75, 3.05) is 25.6 Å². The van der Waals surface area contributed by atoms with Crippen molar-refractivity contribution in [1.82, 2.24) is 19.5 Å². The summed E-state index contributed by atoms with van der Waals surface area (Å²) in [6.07, 6.45) is 2.97. The number of nitrogens with one attached hydrogen (secondary N) is 1. The number of H-pyrrole nitrogens is 1. The van der Waals surface area contributed by atoms with Gasteiger partial charge >= 0.3 is 19.8 Å². The van der Waals surface area contributed by atoms with Crippen LogP contribution < -0.4 is 5.73 Å². The molecular weight excluding hydrogens is 593 g/mol. The van der Waals surface area contributed by atoms with E-state index in [0.717, 1.165) is 25.7 Å². The van der Waals surface area contributed by atoms with Gasteiger partial charge in [0.2, 0.25) is 0 Å². The molecule has 2 aromatic rings. The summed E-state index contributed by atoms with van der Waals surface area (Å²) in [7, 11) is -4.68. The minimum absolute atomic E-state index is 0.0854. The van der Waals surface area contributed by atoms with Crippen LogP contribution in [0.2, 0.25) is 0 Å². The molecule has 5 N–H and O–H groups in total. The van der Waals surface area contributed by atoms with Gasteiger partial charge in [0.15, 0.2) is 16.7 Å². The Labute approximate surface area is 248 Å². The van der Waals surface area contributed by atoms with E-state index in [9.17, 15) is 24.2 Å². The van der Waals surface area contributed by atoms with Crippen molar-refractivity contribution in [1.29, 1.82) is 0 Å². The molecule has 3 heterocycles. The number of esters is 2. The van der Waals surface area contributed by atoms with Crippen LogP contribution in [0.15, 0.2) is 6.33 Å². The number of aliphatic hydroxyl groups excluding tert-OH is 1. The minimum atomic E-state index is -4.68. The molecule has 0 aromatic carbocycles. The molecule has 0 bridgehead atoms. The third-order valence-electron chi connectivity index (χ3n) is 6.50. The average Bonchev–Trinajstić information content (AvgIpc) is 3.52. The first-order chi connectivity index (χ1) is 20.0. The van der Waals surface area contributed by atoms with E-state index in [2.05, 4.69) is 15.0 Å². The van der Waals surface area contributed by atoms with E-state index in [4.69, 9.17) is 41.2 Å². The zero-order chi connectivity index (χ0) is 30.7. The Morgan fingerprint density at radius 2 is 1.88 bits per heavy atom. The van der Waals surface area contributed by atoms with Gasteiger partial charge in [0, 0.05) is 19.3 Å². The molecule has 17 heteroatoms. The summed E-state index contributed by atoms with van der Waals surface area (Å²) in [6.45, 7) is 2.64. The predicted octanol–water partition coefficient (Wildman–Crippen LogP) is 3.47. The number of unbranched alkanes of at least 4 members (excludes halogenated alkanes) is 4. The van der Waals surface area contributed by atoms with Crippen LogP contribution in [0.1, 0.15) is 77.9 Å². The monoisotopic (exact) mass is 633 g/mol. The summed E-state index contributed by atoms with van der Waals surface area (Å²) in [6, 6.07) is 0. The number of aliphatic hydroxyl groups is 1. The maximum atomic E-state index is 12.6. The molecule has 0 radical (unpaired) electrons. The van der Waals surface area contributed by atoms with Crippen LogP contribution in [0.4, 0.5) is 5.95 Å². The summed E-state index contributed by atoms with van der Waals surface area (Å²) < 4.78 is 40.9. The van der Waals surface area contributed by atoms with Gasteiger partial charge in [-0.05, 0) is 12.8 Å². The van der Waals surface area contributed by atoms with E-state index in [1.165, 1.54) is 6.33 Å². The maximum absolute atomic E-state index is 12.6. The number of hydrogen-bond donors (Lipinski definition) is 4. The number of phosphoric ester groups is 1. The Bertz CT molecular complexity index is 1290. The standard InChI is InChI=1S/C25H40N5O10PS/c1-3-5-7-9-20(32)36-12-16(39-21(33)10-8-6-4-2)13-37-41(34,35)38-14-18-17(31)11-19(40-18)30-15-27-22-23(30)28-25(26)29-24(22)42/h15-19,31H,3-14H2,1-2H3,(H,34,35)(H3,26,28,29,42)/t16-,17+,18-,19-/m1/s1. The second-order valence-electron chi connectivity index (χ2n) is 9.98. The van der Waals surface area contributed by atoms with Crippen molar-refractivity contribution in [3.05, 3.63) is 11.0 Å². The second kappa shape index (κ2) is 16.4. The molecule has 1 unspecified atom stereocenters. The summed E-state index contributed by atoms with van der Waals surface area (Å²) in [4.78, 5) is 45.6. The van der Waals surface area contributed by atoms with Crippen LogP contribution in [0, 0.1) is 4.64 Å². The number of carbonyl (C=O) groups is 2. The Hall–Kier alpha value is -2.46. The van der Waals surface area contributed by atoms with Crippen LogP contribution in [0.5, 0.6) is 0 Å². The fourth-order valence-electron chi connectivity index (χ4n) is 4.25. The first-order valence-corrected chi connectivity index (χ1v) is 16.0. The SMILES string of the molecule is CCCCCC(=O)OC[C@H](COP(=O)(O)OC[C@H]1O[C@@H](n2cnc3c(=S)nc(N)[nH]c32)C[C@@H]1O)OC(=O)CCCCC. The first kappa shape index (κ1) is 34.0. The Kier molecular flexibility index (Phi) is 13.3. The molecule has 2 aromatic heterocycles. The van der Waals surface area contributed by atoms with Crippen LogP contribution in [-0.4, -0.2) is 79.6 Å². The first-order valence-electron chi connectivity index (χ1n) is 14.1. The van der Waals surface area contributed by atoms with E-state index < -0.39 is 57.5 Å². The molecule has 42 heavy (non-hydrogen) atoms. The van der Waals surface area contributed by atoms with Crippen LogP contribution in [0.3, 0.4) is 0 Å². The van der Waals surface area contributed by atoms with Gasteiger partial charge in [-0.2, -0.15) is 0 Å². The molecule has 0 saturated carbocycles. The van der Waals surface area contributed by atoms with E-state index in [-0.39, 0.29) is 36.5 Å². The molecule has 0 aliphatic carbocycles. The number of nitrogen functional groups attached to an aromatic ring is 1. The molecule has 0 spiro atoms. The number of imidazole rings is 1. The zero-order valence-electron chi connectivity index (χ0n) is 23.8. The van der Waals surface area contributed by atoms with Crippen molar-refractivity contribution in [3.63, 3.8) is 0 Å². The van der Waals surface area contributed by atoms with Crippen LogP contribution in [-0.2, 0) is 37.4 Å². The van der Waals surface area contributed by atoms with E-state index >= 15 is 0 Å². The number of nitrogens with two attached hydrogens (primary N) is 1. The molecule has 15 nitrogen and oxygen atoms in total. The molecule has 1 aliphatic heterocycles. The van der Waals surface area contributed by atoms with Gasteiger partial charge in [-0.3, -0.25) is 23.2 Å². The van der Waals surface area contributed by atoms with Gasteiger partial charge in [-0.1, -0.05) is 51.7 Å². The Morgan fingerprint density at radius 1 is 1.19 bits per heavy atom. The number of nitrogens with zero attached hydrogens (tertiary/aromatic N) is 3. The lowest BCUT2D eigenvalue weighted by molar-refractivity contribution is -0.161. The van der Waals surface area contributed by atoms with E-state index in [1.54, 1.807) is 4.57 Å². The van der Waals surface area contributed by atoms with Gasteiger partial charge in [0.1, 0.15) is 30.1 Å². The summed E-state index contributed by atoms with van der Waals surface area (Å²) in [5, 5.41) is 10.5. The topological polar surface area (TPSA) is 210 Å². The number of aromatic amines is 1. The molecular formula is C25H40N5O10PS. The highest BCUT2D eigenvalue weighted by molar-refractivity contribution is 7.71. The fraction of sp³-hybridized carbons (Fsp3) is 0.720. The number of fused-ring (bicyclic) bond motifs is 1. The smallest absolute Gasteiger partial charge is 0.462 e. The molecule has 236 valence electrons. The van der Waals surface area contributed by atoms with E-state index in [0.29, 0.717) is 24.0 Å². The van der Waals surface area contributed by atoms with Crippen LogP contribution in [0.25, 0.3) is 11.2 Å². The number of phosphoric acid groups is 1. The second-order valence-corrected chi connectivity index (χ2v) is 11.8. The Balaban J connectivity index is 1.54. The third-order valence-corrected chi connectivity index (χ3v) is 7.74. The highest BCUT2D eigenvalue weighted by atomic mass is 32.1. The van der Waals surface area contributed by atoms with Crippen LogP contribution >= 0.6 is 20.0 Å². The normalized spacial score (nSPS) is 20.8. The zero-order valence-corrected chi connectivity index (χ0v) is 25.5.